The first-order valence-corrected chi connectivity index (χ1v) is 15.0. The Hall–Kier alpha value is -2.95. The Morgan fingerprint density at radius 2 is 1.90 bits per heavy atom. The Kier molecular flexibility index (Phi) is 8.54. The van der Waals surface area contributed by atoms with E-state index in [1.54, 1.807) is 22.4 Å². The second-order valence-corrected chi connectivity index (χ2v) is 12.0. The number of allylic oxidation sites excluding steroid dienone is 1. The zero-order chi connectivity index (χ0) is 27.5. The van der Waals surface area contributed by atoms with Gasteiger partial charge >= 0.3 is 0 Å². The number of piperidine rings is 1. The van der Waals surface area contributed by atoms with E-state index in [4.69, 9.17) is 11.6 Å². The average Bonchev–Trinajstić information content (AvgIpc) is 3.52. The SMILES string of the molecule is Cc1ncsc1-c1ccc(C(C)NC(=O)C2CCCN2C(=O)C(C2CCNCC2)N(N)/C=C(\N)C2CC2)cc1. The van der Waals surface area contributed by atoms with Gasteiger partial charge in [-0.2, -0.15) is 0 Å². The number of aryl methyl sites for hydroxylation is 1. The van der Waals surface area contributed by atoms with Gasteiger partial charge in [0, 0.05) is 24.4 Å². The molecule has 39 heavy (non-hydrogen) atoms. The highest BCUT2D eigenvalue weighted by atomic mass is 32.1. The van der Waals surface area contributed by atoms with E-state index in [0.717, 1.165) is 72.6 Å². The number of benzene rings is 1. The van der Waals surface area contributed by atoms with E-state index < -0.39 is 12.1 Å². The van der Waals surface area contributed by atoms with Crippen LogP contribution in [0.25, 0.3) is 10.4 Å². The van der Waals surface area contributed by atoms with Gasteiger partial charge in [0.2, 0.25) is 11.8 Å². The van der Waals surface area contributed by atoms with Gasteiger partial charge in [0.25, 0.3) is 0 Å². The van der Waals surface area contributed by atoms with Gasteiger partial charge in [-0.1, -0.05) is 24.3 Å². The summed E-state index contributed by atoms with van der Waals surface area (Å²) in [7, 11) is 0. The lowest BCUT2D eigenvalue weighted by Crippen LogP contribution is -2.57. The van der Waals surface area contributed by atoms with Gasteiger partial charge in [0.1, 0.15) is 12.1 Å². The minimum Gasteiger partial charge on any atom is -0.401 e. The monoisotopic (exact) mass is 551 g/mol. The second-order valence-electron chi connectivity index (χ2n) is 11.2. The molecule has 2 saturated heterocycles. The van der Waals surface area contributed by atoms with Crippen LogP contribution in [0.5, 0.6) is 0 Å². The Balaban J connectivity index is 1.27. The van der Waals surface area contributed by atoms with Crippen molar-refractivity contribution in [2.45, 2.75) is 70.5 Å². The number of nitrogens with one attached hydrogen (secondary N) is 2. The van der Waals surface area contributed by atoms with Crippen molar-refractivity contribution >= 4 is 23.2 Å². The van der Waals surface area contributed by atoms with E-state index in [9.17, 15) is 9.59 Å². The molecule has 3 atom stereocenters. The number of hydrogen-bond donors (Lipinski definition) is 4. The lowest BCUT2D eigenvalue weighted by atomic mass is 9.88. The third kappa shape index (κ3) is 6.28. The number of nitrogens with zero attached hydrogens (tertiary/aromatic N) is 3. The van der Waals surface area contributed by atoms with Gasteiger partial charge in [0.05, 0.1) is 22.1 Å². The van der Waals surface area contributed by atoms with Crippen molar-refractivity contribution in [1.29, 1.82) is 0 Å². The summed E-state index contributed by atoms with van der Waals surface area (Å²) in [6, 6.07) is 7.03. The summed E-state index contributed by atoms with van der Waals surface area (Å²) in [6.45, 7) is 6.26. The predicted octanol–water partition coefficient (Wildman–Crippen LogP) is 3.04. The molecule has 3 heterocycles. The summed E-state index contributed by atoms with van der Waals surface area (Å²) >= 11 is 1.62. The number of amides is 2. The van der Waals surface area contributed by atoms with Crippen LogP contribution in [0.2, 0.25) is 0 Å². The summed E-state index contributed by atoms with van der Waals surface area (Å²) in [5.41, 5.74) is 12.0. The first-order valence-electron chi connectivity index (χ1n) is 14.2. The fraction of sp³-hybridized carbons (Fsp3) is 0.552. The molecule has 5 rings (SSSR count). The number of carbonyl (C=O) groups excluding carboxylic acids is 2. The molecule has 1 aromatic heterocycles. The van der Waals surface area contributed by atoms with Gasteiger partial charge in [-0.25, -0.2) is 10.8 Å². The van der Waals surface area contributed by atoms with Crippen LogP contribution in [0.4, 0.5) is 0 Å². The highest BCUT2D eigenvalue weighted by molar-refractivity contribution is 7.13. The van der Waals surface area contributed by atoms with Crippen LogP contribution in [-0.4, -0.2) is 58.4 Å². The van der Waals surface area contributed by atoms with Gasteiger partial charge in [0.15, 0.2) is 0 Å². The maximum atomic E-state index is 14.0. The van der Waals surface area contributed by atoms with Gasteiger partial charge in [-0.3, -0.25) is 9.59 Å². The zero-order valence-electron chi connectivity index (χ0n) is 22.9. The zero-order valence-corrected chi connectivity index (χ0v) is 23.8. The van der Waals surface area contributed by atoms with Crippen LogP contribution in [0, 0.1) is 18.8 Å². The molecule has 10 heteroatoms. The normalized spacial score (nSPS) is 22.0. The van der Waals surface area contributed by atoms with Crippen molar-refractivity contribution in [3.63, 3.8) is 0 Å². The molecule has 3 fully saturated rings. The molecule has 2 amide bonds. The third-order valence-electron chi connectivity index (χ3n) is 8.37. The second kappa shape index (κ2) is 12.1. The molecule has 1 aromatic carbocycles. The maximum absolute atomic E-state index is 14.0. The Bertz CT molecular complexity index is 1190. The smallest absolute Gasteiger partial charge is 0.247 e. The fourth-order valence-corrected chi connectivity index (χ4v) is 6.69. The third-order valence-corrected chi connectivity index (χ3v) is 9.34. The molecule has 0 radical (unpaired) electrons. The van der Waals surface area contributed by atoms with E-state index in [1.807, 2.05) is 31.5 Å². The molecule has 0 bridgehead atoms. The molecule has 3 unspecified atom stereocenters. The van der Waals surface area contributed by atoms with E-state index in [-0.39, 0.29) is 23.8 Å². The number of hydrogen-bond acceptors (Lipinski definition) is 8. The van der Waals surface area contributed by atoms with Crippen molar-refractivity contribution in [2.75, 3.05) is 19.6 Å². The highest BCUT2D eigenvalue weighted by Gasteiger charge is 2.42. The molecule has 1 aliphatic carbocycles. The Labute approximate surface area is 235 Å². The lowest BCUT2D eigenvalue weighted by Gasteiger charge is -2.38. The highest BCUT2D eigenvalue weighted by Crippen LogP contribution is 2.34. The largest absolute Gasteiger partial charge is 0.401 e. The number of likely N-dealkylation sites (tertiary alicyclic amines) is 1. The topological polar surface area (TPSA) is 130 Å². The van der Waals surface area contributed by atoms with E-state index in [2.05, 4.69) is 27.8 Å². The summed E-state index contributed by atoms with van der Waals surface area (Å²) in [6.07, 6.45) is 7.07. The first-order chi connectivity index (χ1) is 18.8. The van der Waals surface area contributed by atoms with E-state index >= 15 is 0 Å². The number of rotatable bonds is 9. The summed E-state index contributed by atoms with van der Waals surface area (Å²) < 4.78 is 0. The number of nitrogens with two attached hydrogens (primary N) is 2. The molecule has 3 aliphatic rings. The van der Waals surface area contributed by atoms with Crippen molar-refractivity contribution in [3.8, 4) is 10.4 Å². The molecule has 1 saturated carbocycles. The van der Waals surface area contributed by atoms with Gasteiger partial charge in [-0.15, -0.1) is 11.3 Å². The first kappa shape index (κ1) is 27.6. The van der Waals surface area contributed by atoms with Gasteiger partial charge < -0.3 is 26.3 Å². The quantitative estimate of drug-likeness (QED) is 0.278. The van der Waals surface area contributed by atoms with Crippen LogP contribution in [0.3, 0.4) is 0 Å². The Morgan fingerprint density at radius 3 is 2.54 bits per heavy atom. The molecule has 2 aliphatic heterocycles. The molecular weight excluding hydrogens is 510 g/mol. The molecule has 210 valence electrons. The Morgan fingerprint density at radius 1 is 1.18 bits per heavy atom. The summed E-state index contributed by atoms with van der Waals surface area (Å²) in [5, 5.41) is 8.07. The standard InChI is InChI=1S/C29H41N7O2S/c1-18(20-5-9-23(10-6-20)27-19(2)33-17-39-27)34-28(37)25-4-3-15-35(25)29(38)26(22-11-13-32-14-12-22)36(31)16-24(30)21-7-8-21/h5-6,9-10,16-18,21-22,25-26,32H,3-4,7-8,11-15,30-31H2,1-2H3,(H,34,37)/b24-16-. The van der Waals surface area contributed by atoms with Crippen LogP contribution in [0.15, 0.2) is 41.7 Å². The van der Waals surface area contributed by atoms with Crippen molar-refractivity contribution in [1.82, 2.24) is 25.5 Å². The fourth-order valence-electron chi connectivity index (χ4n) is 5.88. The predicted molar refractivity (Wildman–Crippen MR) is 154 cm³/mol. The minimum atomic E-state index is -0.530. The van der Waals surface area contributed by atoms with Gasteiger partial charge in [-0.05, 0) is 82.5 Å². The number of carbonyl (C=O) groups is 2. The van der Waals surface area contributed by atoms with Crippen LogP contribution >= 0.6 is 11.3 Å². The molecular formula is C29H41N7O2S. The van der Waals surface area contributed by atoms with Crippen LogP contribution in [0.1, 0.15) is 62.7 Å². The van der Waals surface area contributed by atoms with E-state index in [1.165, 1.54) is 5.01 Å². The van der Waals surface area contributed by atoms with Crippen LogP contribution < -0.4 is 22.2 Å². The van der Waals surface area contributed by atoms with Crippen molar-refractivity contribution < 1.29 is 9.59 Å². The van der Waals surface area contributed by atoms with Crippen LogP contribution in [-0.2, 0) is 9.59 Å². The summed E-state index contributed by atoms with van der Waals surface area (Å²) in [4.78, 5) is 34.8. The molecule has 6 N–H and O–H groups in total. The van der Waals surface area contributed by atoms with Crippen molar-refractivity contribution in [3.05, 3.63) is 52.9 Å². The number of hydrazine groups is 1. The number of aromatic nitrogens is 1. The molecule has 9 nitrogen and oxygen atoms in total. The molecule has 2 aromatic rings. The lowest BCUT2D eigenvalue weighted by molar-refractivity contribution is -0.144. The summed E-state index contributed by atoms with van der Waals surface area (Å²) in [5.74, 6) is 6.81. The average molecular weight is 552 g/mol. The number of thiazole rings is 1. The van der Waals surface area contributed by atoms with E-state index in [0.29, 0.717) is 18.9 Å². The minimum absolute atomic E-state index is 0.0705. The maximum Gasteiger partial charge on any atom is 0.247 e. The molecule has 0 spiro atoms. The van der Waals surface area contributed by atoms with Crippen molar-refractivity contribution in [2.24, 2.45) is 23.4 Å².